The van der Waals surface area contributed by atoms with Crippen LogP contribution in [-0.2, 0) is 0 Å². The van der Waals surface area contributed by atoms with Gasteiger partial charge in [-0.3, -0.25) is 14.8 Å². The maximum atomic E-state index is 13.1. The summed E-state index contributed by atoms with van der Waals surface area (Å²) >= 11 is 0. The molecular formula is C20H25N5O. The Balaban J connectivity index is 1.31. The van der Waals surface area contributed by atoms with Gasteiger partial charge in [-0.15, -0.1) is 0 Å². The summed E-state index contributed by atoms with van der Waals surface area (Å²) in [5.41, 5.74) is 1.72. The molecule has 3 aliphatic rings. The van der Waals surface area contributed by atoms with E-state index in [1.54, 1.807) is 0 Å². The zero-order valence-electron chi connectivity index (χ0n) is 15.0. The van der Waals surface area contributed by atoms with Gasteiger partial charge < -0.3 is 4.90 Å². The van der Waals surface area contributed by atoms with Crippen molar-refractivity contribution in [3.05, 3.63) is 36.2 Å². The Morgan fingerprint density at radius 2 is 2.00 bits per heavy atom. The van der Waals surface area contributed by atoms with E-state index in [2.05, 4.69) is 25.0 Å². The lowest BCUT2D eigenvalue weighted by Gasteiger charge is -2.52. The van der Waals surface area contributed by atoms with E-state index in [0.29, 0.717) is 17.9 Å². The third kappa shape index (κ3) is 2.82. The highest BCUT2D eigenvalue weighted by Gasteiger charge is 2.42. The third-order valence-electron chi connectivity index (χ3n) is 6.38. The highest BCUT2D eigenvalue weighted by atomic mass is 16.2. The second kappa shape index (κ2) is 6.50. The number of piperidine rings is 3. The lowest BCUT2D eigenvalue weighted by atomic mass is 9.76. The van der Waals surface area contributed by atoms with Gasteiger partial charge in [0.15, 0.2) is 5.82 Å². The van der Waals surface area contributed by atoms with Gasteiger partial charge in [-0.1, -0.05) is 18.6 Å². The van der Waals surface area contributed by atoms with Crippen molar-refractivity contribution < 1.29 is 4.79 Å². The molecule has 3 fully saturated rings. The lowest BCUT2D eigenvalue weighted by molar-refractivity contribution is -0.0243. The molecule has 4 heterocycles. The predicted molar refractivity (Wildman–Crippen MR) is 98.5 cm³/mol. The van der Waals surface area contributed by atoms with Gasteiger partial charge in [0.25, 0.3) is 5.91 Å². The van der Waals surface area contributed by atoms with Gasteiger partial charge >= 0.3 is 0 Å². The number of H-pyrrole nitrogens is 1. The van der Waals surface area contributed by atoms with Crippen LogP contribution in [0.5, 0.6) is 0 Å². The van der Waals surface area contributed by atoms with Crippen molar-refractivity contribution in [3.8, 4) is 11.4 Å². The molecule has 3 aliphatic heterocycles. The summed E-state index contributed by atoms with van der Waals surface area (Å²) in [6.45, 7) is 4.26. The summed E-state index contributed by atoms with van der Waals surface area (Å²) in [6, 6.07) is 8.42. The molecule has 3 saturated heterocycles. The minimum absolute atomic E-state index is 0.174. The molecule has 0 saturated carbocycles. The molecule has 1 aromatic heterocycles. The van der Waals surface area contributed by atoms with Crippen LogP contribution in [0.2, 0.25) is 0 Å². The fraction of sp³-hybridized carbons (Fsp3) is 0.550. The van der Waals surface area contributed by atoms with Crippen LogP contribution in [0.1, 0.15) is 36.0 Å². The van der Waals surface area contributed by atoms with Crippen LogP contribution < -0.4 is 0 Å². The number of hydrogen-bond donors (Lipinski definition) is 1. The van der Waals surface area contributed by atoms with Crippen molar-refractivity contribution in [1.29, 1.82) is 0 Å². The van der Waals surface area contributed by atoms with Crippen molar-refractivity contribution >= 4 is 5.91 Å². The van der Waals surface area contributed by atoms with Crippen molar-refractivity contribution in [3.63, 3.8) is 0 Å². The van der Waals surface area contributed by atoms with Crippen LogP contribution in [0.4, 0.5) is 0 Å². The van der Waals surface area contributed by atoms with Crippen LogP contribution in [0.15, 0.2) is 30.6 Å². The predicted octanol–water partition coefficient (Wildman–Crippen LogP) is 2.42. The Kier molecular flexibility index (Phi) is 4.00. The molecule has 1 amide bonds. The minimum Gasteiger partial charge on any atom is -0.338 e. The molecule has 2 bridgehead atoms. The smallest absolute Gasteiger partial charge is 0.253 e. The molecule has 0 radical (unpaired) electrons. The van der Waals surface area contributed by atoms with Gasteiger partial charge in [0.2, 0.25) is 0 Å². The van der Waals surface area contributed by atoms with Gasteiger partial charge in [-0.05, 0) is 49.8 Å². The van der Waals surface area contributed by atoms with Gasteiger partial charge in [0, 0.05) is 36.8 Å². The first-order valence-electron chi connectivity index (χ1n) is 9.77. The first-order chi connectivity index (χ1) is 12.8. The summed E-state index contributed by atoms with van der Waals surface area (Å²) in [7, 11) is 0. The zero-order valence-corrected chi connectivity index (χ0v) is 15.0. The van der Waals surface area contributed by atoms with Crippen LogP contribution in [-0.4, -0.2) is 63.1 Å². The van der Waals surface area contributed by atoms with E-state index in [1.807, 2.05) is 24.3 Å². The zero-order chi connectivity index (χ0) is 17.5. The Morgan fingerprint density at radius 3 is 2.81 bits per heavy atom. The number of likely N-dealkylation sites (tertiary alicyclic amines) is 1. The molecule has 1 aromatic carbocycles. The molecule has 2 aromatic rings. The van der Waals surface area contributed by atoms with Gasteiger partial charge in [0.1, 0.15) is 6.33 Å². The van der Waals surface area contributed by atoms with Gasteiger partial charge in [0.05, 0.1) is 0 Å². The third-order valence-corrected chi connectivity index (χ3v) is 6.38. The number of carbonyl (C=O) groups is 1. The Bertz CT molecular complexity index is 772. The van der Waals surface area contributed by atoms with E-state index in [1.165, 1.54) is 45.1 Å². The minimum atomic E-state index is 0.174. The number of fused-ring (bicyclic) bond motifs is 4. The highest BCUT2D eigenvalue weighted by molar-refractivity contribution is 5.94. The molecule has 0 aliphatic carbocycles. The Morgan fingerprint density at radius 1 is 1.12 bits per heavy atom. The summed E-state index contributed by atoms with van der Waals surface area (Å²) in [5.74, 6) is 2.20. The van der Waals surface area contributed by atoms with E-state index in [0.717, 1.165) is 30.0 Å². The fourth-order valence-electron chi connectivity index (χ4n) is 5.23. The van der Waals surface area contributed by atoms with E-state index in [-0.39, 0.29) is 5.91 Å². The molecule has 5 rings (SSSR count). The highest BCUT2D eigenvalue weighted by Crippen LogP contribution is 2.37. The molecule has 0 unspecified atom stereocenters. The maximum Gasteiger partial charge on any atom is 0.253 e. The average molecular weight is 351 g/mol. The second-order valence-corrected chi connectivity index (χ2v) is 8.04. The quantitative estimate of drug-likeness (QED) is 0.902. The Hall–Kier alpha value is -2.21. The normalized spacial score (nSPS) is 28.6. The number of aromatic nitrogens is 3. The van der Waals surface area contributed by atoms with Crippen molar-refractivity contribution in [1.82, 2.24) is 25.0 Å². The number of amides is 1. The largest absolute Gasteiger partial charge is 0.338 e. The van der Waals surface area contributed by atoms with Crippen LogP contribution in [0.3, 0.4) is 0 Å². The number of carbonyl (C=O) groups excluding carboxylic acids is 1. The molecule has 6 heteroatoms. The Labute approximate surface area is 153 Å². The van der Waals surface area contributed by atoms with Crippen LogP contribution in [0, 0.1) is 11.8 Å². The number of hydrogen-bond acceptors (Lipinski definition) is 4. The fourth-order valence-corrected chi connectivity index (χ4v) is 5.23. The number of aromatic amines is 1. The summed E-state index contributed by atoms with van der Waals surface area (Å²) in [6.07, 6.45) is 6.80. The molecule has 136 valence electrons. The lowest BCUT2D eigenvalue weighted by Crippen LogP contribution is -2.59. The number of nitrogens with zero attached hydrogens (tertiary/aromatic N) is 4. The standard InChI is InChI=1S/C20H25N5O/c26-20(16-6-4-15(5-7-16)19-21-13-22-23-19)25-11-14-9-17(12-25)18-3-1-2-8-24(18)10-14/h4-7,13-14,17-18H,1-3,8-12H2,(H,21,22,23)/t14-,17-,18+/m1/s1. The number of rotatable bonds is 2. The molecule has 3 atom stereocenters. The monoisotopic (exact) mass is 351 g/mol. The topological polar surface area (TPSA) is 65.1 Å². The number of nitrogens with one attached hydrogen (secondary N) is 1. The van der Waals surface area contributed by atoms with Crippen molar-refractivity contribution in [2.45, 2.75) is 31.7 Å². The maximum absolute atomic E-state index is 13.1. The van der Waals surface area contributed by atoms with Crippen molar-refractivity contribution in [2.75, 3.05) is 26.2 Å². The molecule has 26 heavy (non-hydrogen) atoms. The molecule has 6 nitrogen and oxygen atoms in total. The van der Waals surface area contributed by atoms with Gasteiger partial charge in [-0.25, -0.2) is 4.98 Å². The van der Waals surface area contributed by atoms with E-state index < -0.39 is 0 Å². The number of benzene rings is 1. The summed E-state index contributed by atoms with van der Waals surface area (Å²) < 4.78 is 0. The van der Waals surface area contributed by atoms with E-state index in [9.17, 15) is 4.79 Å². The van der Waals surface area contributed by atoms with Crippen molar-refractivity contribution in [2.24, 2.45) is 11.8 Å². The van der Waals surface area contributed by atoms with Crippen LogP contribution >= 0.6 is 0 Å². The SMILES string of the molecule is O=C(c1ccc(-c2ncn[nH]2)cc1)N1C[C@@H]2C[C@H](C1)[C@@H]1CCCCN1C2. The second-order valence-electron chi connectivity index (χ2n) is 8.04. The van der Waals surface area contributed by atoms with Crippen LogP contribution in [0.25, 0.3) is 11.4 Å². The molecule has 1 N–H and O–H groups in total. The summed E-state index contributed by atoms with van der Waals surface area (Å²) in [5, 5.41) is 6.74. The van der Waals surface area contributed by atoms with Gasteiger partial charge in [-0.2, -0.15) is 5.10 Å². The first kappa shape index (κ1) is 16.0. The first-order valence-corrected chi connectivity index (χ1v) is 9.77. The molecule has 0 spiro atoms. The summed E-state index contributed by atoms with van der Waals surface area (Å²) in [4.78, 5) is 22.0. The molecular weight excluding hydrogens is 326 g/mol. The average Bonchev–Trinajstić information content (AvgIpc) is 3.22. The van der Waals surface area contributed by atoms with E-state index >= 15 is 0 Å². The van der Waals surface area contributed by atoms with E-state index in [4.69, 9.17) is 0 Å².